The highest BCUT2D eigenvalue weighted by Crippen LogP contribution is 2.45. The fourth-order valence-corrected chi connectivity index (χ4v) is 5.21. The molecule has 36 heavy (non-hydrogen) atoms. The molecule has 5 nitrogen and oxygen atoms in total. The number of anilines is 3. The van der Waals surface area contributed by atoms with E-state index < -0.39 is 0 Å². The van der Waals surface area contributed by atoms with Crippen LogP contribution in [0.1, 0.15) is 19.4 Å². The van der Waals surface area contributed by atoms with E-state index in [1.54, 1.807) is 0 Å². The maximum Gasteiger partial charge on any atom is 0.130 e. The van der Waals surface area contributed by atoms with E-state index in [0.29, 0.717) is 0 Å². The zero-order chi connectivity index (χ0) is 24.9. The van der Waals surface area contributed by atoms with Crippen LogP contribution in [-0.4, -0.2) is 37.2 Å². The van der Waals surface area contributed by atoms with Crippen LogP contribution in [0.15, 0.2) is 97.3 Å². The summed E-state index contributed by atoms with van der Waals surface area (Å²) in [6, 6.07) is 29.9. The average Bonchev–Trinajstić information content (AvgIpc) is 3.32. The molecule has 0 fully saturated rings. The summed E-state index contributed by atoms with van der Waals surface area (Å²) < 4.78 is 6.50. The largest absolute Gasteiger partial charge is 0.457 e. The van der Waals surface area contributed by atoms with Gasteiger partial charge >= 0.3 is 0 Å². The smallest absolute Gasteiger partial charge is 0.130 e. The van der Waals surface area contributed by atoms with Crippen molar-refractivity contribution in [2.75, 3.05) is 37.2 Å². The van der Waals surface area contributed by atoms with Crippen molar-refractivity contribution in [1.82, 2.24) is 9.80 Å². The Balaban J connectivity index is 1.42. The second-order valence-electron chi connectivity index (χ2n) is 10.3. The van der Waals surface area contributed by atoms with E-state index in [0.717, 1.165) is 41.6 Å². The minimum Gasteiger partial charge on any atom is -0.457 e. The van der Waals surface area contributed by atoms with Crippen molar-refractivity contribution < 1.29 is 4.74 Å². The molecule has 4 aromatic carbocycles. The van der Waals surface area contributed by atoms with Gasteiger partial charge < -0.3 is 19.4 Å². The first kappa shape index (κ1) is 22.5. The van der Waals surface area contributed by atoms with Gasteiger partial charge in [0.2, 0.25) is 0 Å². The van der Waals surface area contributed by atoms with Crippen molar-refractivity contribution in [3.8, 4) is 11.5 Å². The number of fused-ring (bicyclic) bond motifs is 2. The Morgan fingerprint density at radius 2 is 1.53 bits per heavy atom. The van der Waals surface area contributed by atoms with Crippen molar-refractivity contribution in [2.24, 2.45) is 0 Å². The van der Waals surface area contributed by atoms with Crippen LogP contribution in [0.5, 0.6) is 11.5 Å². The summed E-state index contributed by atoms with van der Waals surface area (Å²) in [5.41, 5.74) is 4.79. The number of rotatable bonds is 4. The van der Waals surface area contributed by atoms with Gasteiger partial charge in [0.25, 0.3) is 0 Å². The topological polar surface area (TPSA) is 22.2 Å². The monoisotopic (exact) mass is 476 g/mol. The van der Waals surface area contributed by atoms with Gasteiger partial charge in [0.15, 0.2) is 0 Å². The Bertz CT molecular complexity index is 1460. The van der Waals surface area contributed by atoms with Gasteiger partial charge in [-0.25, -0.2) is 0 Å². The van der Waals surface area contributed by atoms with Crippen LogP contribution in [0, 0.1) is 0 Å². The van der Waals surface area contributed by atoms with Gasteiger partial charge in [0.05, 0.1) is 19.0 Å². The zero-order valence-corrected chi connectivity index (χ0v) is 21.3. The summed E-state index contributed by atoms with van der Waals surface area (Å²) in [6.45, 7) is 6.21. The number of hydrogen-bond acceptors (Lipinski definition) is 5. The molecule has 182 valence electrons. The quantitative estimate of drug-likeness (QED) is 0.313. The molecule has 6 rings (SSSR count). The van der Waals surface area contributed by atoms with Crippen molar-refractivity contribution in [3.63, 3.8) is 0 Å². The molecule has 0 saturated carbocycles. The second kappa shape index (κ2) is 8.61. The van der Waals surface area contributed by atoms with Crippen LogP contribution >= 0.6 is 0 Å². The molecule has 0 bridgehead atoms. The first-order valence-corrected chi connectivity index (χ1v) is 12.4. The van der Waals surface area contributed by atoms with Crippen LogP contribution < -0.4 is 14.5 Å². The highest BCUT2D eigenvalue weighted by molar-refractivity contribution is 5.98. The molecule has 0 radical (unpaired) electrons. The lowest BCUT2D eigenvalue weighted by atomic mass is 9.88. The lowest BCUT2D eigenvalue weighted by molar-refractivity contribution is 0.150. The first-order valence-electron chi connectivity index (χ1n) is 12.4. The Hall–Kier alpha value is -3.96. The van der Waals surface area contributed by atoms with Crippen LogP contribution in [-0.2, 0) is 5.54 Å². The summed E-state index contributed by atoms with van der Waals surface area (Å²) >= 11 is 0. The minimum atomic E-state index is -0.0461. The molecule has 0 atom stereocenters. The molecule has 0 unspecified atom stereocenters. The van der Waals surface area contributed by atoms with Crippen molar-refractivity contribution in [3.05, 3.63) is 103 Å². The molecule has 0 saturated heterocycles. The number of hydrogen-bond donors (Lipinski definition) is 0. The Morgan fingerprint density at radius 3 is 2.36 bits per heavy atom. The van der Waals surface area contributed by atoms with E-state index >= 15 is 0 Å². The molecule has 5 heteroatoms. The molecule has 2 aliphatic rings. The van der Waals surface area contributed by atoms with E-state index in [9.17, 15) is 0 Å². The van der Waals surface area contributed by atoms with Gasteiger partial charge in [-0.2, -0.15) is 0 Å². The third kappa shape index (κ3) is 3.86. The molecule has 0 aliphatic carbocycles. The fourth-order valence-electron chi connectivity index (χ4n) is 5.21. The molecule has 2 aliphatic heterocycles. The van der Waals surface area contributed by atoms with E-state index in [-0.39, 0.29) is 5.54 Å². The first-order chi connectivity index (χ1) is 17.4. The van der Waals surface area contributed by atoms with Gasteiger partial charge in [0.1, 0.15) is 11.5 Å². The molecule has 0 amide bonds. The molecular formula is C31H32N4O. The van der Waals surface area contributed by atoms with E-state index in [4.69, 9.17) is 4.74 Å². The molecule has 0 aromatic heterocycles. The van der Waals surface area contributed by atoms with Crippen molar-refractivity contribution >= 4 is 27.8 Å². The summed E-state index contributed by atoms with van der Waals surface area (Å²) in [5.74, 6) is 1.66. The van der Waals surface area contributed by atoms with Gasteiger partial charge in [-0.15, -0.1) is 0 Å². The number of benzene rings is 4. The Labute approximate surface area is 213 Å². The standard InChI is InChI=1S/C31H32N4O/c1-31(2)28-14-7-8-15-29(28)35(22-33(31)4)30-20-26(18-23-10-5-6-13-27(23)30)36-25-12-9-11-24(19-25)34-17-16-32(3)21-34/h5-20H,21-22H2,1-4H3. The van der Waals surface area contributed by atoms with Crippen LogP contribution in [0.25, 0.3) is 10.8 Å². The molecule has 0 N–H and O–H groups in total. The molecule has 4 aromatic rings. The second-order valence-corrected chi connectivity index (χ2v) is 10.3. The summed E-state index contributed by atoms with van der Waals surface area (Å²) in [6.07, 6.45) is 4.18. The number of nitrogens with zero attached hydrogens (tertiary/aromatic N) is 4. The Morgan fingerprint density at radius 1 is 0.722 bits per heavy atom. The summed E-state index contributed by atoms with van der Waals surface area (Å²) in [4.78, 5) is 9.18. The molecule has 2 heterocycles. The van der Waals surface area contributed by atoms with Crippen LogP contribution in [0.2, 0.25) is 0 Å². The van der Waals surface area contributed by atoms with Crippen molar-refractivity contribution in [1.29, 1.82) is 0 Å². The van der Waals surface area contributed by atoms with E-state index in [1.165, 1.54) is 16.6 Å². The maximum atomic E-state index is 6.50. The van der Waals surface area contributed by atoms with Crippen molar-refractivity contribution in [2.45, 2.75) is 19.4 Å². The zero-order valence-electron chi connectivity index (χ0n) is 21.3. The lowest BCUT2D eigenvalue weighted by Gasteiger charge is -2.47. The highest BCUT2D eigenvalue weighted by atomic mass is 16.5. The summed E-state index contributed by atoms with van der Waals surface area (Å²) in [7, 11) is 4.27. The predicted molar refractivity (Wildman–Crippen MR) is 149 cm³/mol. The number of ether oxygens (including phenoxy) is 1. The van der Waals surface area contributed by atoms with E-state index in [2.05, 4.69) is 139 Å². The van der Waals surface area contributed by atoms with Gasteiger partial charge in [-0.1, -0.05) is 48.5 Å². The average molecular weight is 477 g/mol. The fraction of sp³-hybridized carbons (Fsp3) is 0.226. The third-order valence-corrected chi connectivity index (χ3v) is 7.53. The highest BCUT2D eigenvalue weighted by Gasteiger charge is 2.36. The maximum absolute atomic E-state index is 6.50. The molecular weight excluding hydrogens is 444 g/mol. The summed E-state index contributed by atoms with van der Waals surface area (Å²) in [5, 5.41) is 2.38. The normalized spacial score (nSPS) is 17.1. The SMILES string of the molecule is CN1C=CN(c2cccc(Oc3cc(N4CN(C)C(C)(C)c5ccccc54)c4ccccc4c3)c2)C1. The van der Waals surface area contributed by atoms with Gasteiger partial charge in [-0.05, 0) is 56.1 Å². The third-order valence-electron chi connectivity index (χ3n) is 7.53. The predicted octanol–water partition coefficient (Wildman–Crippen LogP) is 7.09. The Kier molecular flexibility index (Phi) is 5.38. The van der Waals surface area contributed by atoms with Crippen LogP contribution in [0.3, 0.4) is 0 Å². The van der Waals surface area contributed by atoms with Gasteiger partial charge in [-0.3, -0.25) is 4.90 Å². The lowest BCUT2D eigenvalue weighted by Crippen LogP contribution is -2.49. The number of para-hydroxylation sites is 1. The molecule has 0 spiro atoms. The van der Waals surface area contributed by atoms with Crippen LogP contribution in [0.4, 0.5) is 17.1 Å². The van der Waals surface area contributed by atoms with Gasteiger partial charge in [0, 0.05) is 53.9 Å². The minimum absolute atomic E-state index is 0.0461. The van der Waals surface area contributed by atoms with E-state index in [1.807, 2.05) is 6.07 Å².